The van der Waals surface area contributed by atoms with Crippen LogP contribution in [0.1, 0.15) is 80.1 Å². The number of amides is 1. The number of allylic oxidation sites excluding steroid dienone is 1. The molecule has 4 aromatic rings. The Bertz CT molecular complexity index is 2120. The molecule has 0 radical (unpaired) electrons. The van der Waals surface area contributed by atoms with E-state index >= 15 is 4.79 Å². The van der Waals surface area contributed by atoms with E-state index in [0.29, 0.717) is 43.7 Å². The second-order valence-corrected chi connectivity index (χ2v) is 17.2. The lowest BCUT2D eigenvalue weighted by Crippen LogP contribution is -2.70. The number of nitrogens with zero attached hydrogens (tertiary/aromatic N) is 2. The van der Waals surface area contributed by atoms with Crippen LogP contribution in [0, 0.1) is 17.8 Å². The van der Waals surface area contributed by atoms with Crippen LogP contribution in [0.2, 0.25) is 0 Å². The van der Waals surface area contributed by atoms with Crippen molar-refractivity contribution in [3.63, 3.8) is 0 Å². The van der Waals surface area contributed by atoms with E-state index in [9.17, 15) is 10.2 Å². The smallest absolute Gasteiger partial charge is 0.254 e. The number of unbranched alkanes of at least 4 members (excludes halogenated alkanes) is 2. The van der Waals surface area contributed by atoms with Gasteiger partial charge in [-0.2, -0.15) is 0 Å². The number of rotatable bonds is 21. The maximum absolute atomic E-state index is 15.1. The van der Waals surface area contributed by atoms with E-state index in [-0.39, 0.29) is 49.4 Å². The lowest BCUT2D eigenvalue weighted by molar-refractivity contribution is -0.254. The van der Waals surface area contributed by atoms with Crippen molar-refractivity contribution >= 4 is 34.2 Å². The van der Waals surface area contributed by atoms with Crippen molar-refractivity contribution in [1.29, 1.82) is 0 Å². The van der Waals surface area contributed by atoms with Crippen molar-refractivity contribution < 1.29 is 34.1 Å². The van der Waals surface area contributed by atoms with E-state index in [1.54, 1.807) is 24.9 Å². The number of carbonyl (C=O) groups is 1. The summed E-state index contributed by atoms with van der Waals surface area (Å²) >= 11 is 1.76. The van der Waals surface area contributed by atoms with Gasteiger partial charge in [0.1, 0.15) is 24.7 Å². The van der Waals surface area contributed by atoms with Crippen LogP contribution in [-0.2, 0) is 9.57 Å². The summed E-state index contributed by atoms with van der Waals surface area (Å²) in [4.78, 5) is 23.8. The Labute approximate surface area is 359 Å². The second kappa shape index (κ2) is 20.8. The van der Waals surface area contributed by atoms with Crippen LogP contribution in [0.4, 0.5) is 0 Å². The highest BCUT2D eigenvalue weighted by molar-refractivity contribution is 7.99. The Morgan fingerprint density at radius 2 is 1.73 bits per heavy atom. The van der Waals surface area contributed by atoms with Gasteiger partial charge in [-0.15, -0.1) is 18.3 Å². The molecule has 9 nitrogen and oxygen atoms in total. The van der Waals surface area contributed by atoms with Gasteiger partial charge in [0.15, 0.2) is 0 Å². The molecule has 3 aliphatic rings. The molecule has 2 aliphatic carbocycles. The molecule has 0 saturated heterocycles. The first kappa shape index (κ1) is 43.5. The van der Waals surface area contributed by atoms with E-state index in [1.807, 2.05) is 71.6 Å². The fourth-order valence-electron chi connectivity index (χ4n) is 9.81. The first-order chi connectivity index (χ1) is 29.5. The molecule has 1 aliphatic heterocycles. The SMILES string of the molecule is C=CCO[C@@]12Oc3ccc(OCCSc4ccccc4)cc3[C@H]3[C@H](CCCCO)[C@@H](CCCCO)C=C(C(=NOC)C[C@@H]1N(CCC)C(=O)c1ccc4ccccc4c1)[C@H]32. The number of hydrogen-bond donors (Lipinski definition) is 2. The minimum absolute atomic E-state index is 0.0985. The van der Waals surface area contributed by atoms with Gasteiger partial charge in [0.2, 0.25) is 5.79 Å². The molecule has 1 heterocycles. The summed E-state index contributed by atoms with van der Waals surface area (Å²) in [6.07, 6.45) is 10.1. The maximum Gasteiger partial charge on any atom is 0.254 e. The third-order valence-electron chi connectivity index (χ3n) is 12.3. The van der Waals surface area contributed by atoms with Gasteiger partial charge in [0.25, 0.3) is 5.91 Å². The Balaban J connectivity index is 1.37. The van der Waals surface area contributed by atoms with Gasteiger partial charge in [-0.1, -0.05) is 85.6 Å². The summed E-state index contributed by atoms with van der Waals surface area (Å²) in [6.45, 7) is 7.62. The van der Waals surface area contributed by atoms with E-state index in [4.69, 9.17) is 24.2 Å². The summed E-state index contributed by atoms with van der Waals surface area (Å²) in [7, 11) is 1.58. The zero-order valence-electron chi connectivity index (χ0n) is 35.0. The highest BCUT2D eigenvalue weighted by atomic mass is 32.2. The van der Waals surface area contributed by atoms with Crippen molar-refractivity contribution in [2.45, 2.75) is 80.9 Å². The lowest BCUT2D eigenvalue weighted by Gasteiger charge is -2.60. The zero-order chi connectivity index (χ0) is 41.9. The van der Waals surface area contributed by atoms with E-state index in [2.05, 4.69) is 43.8 Å². The monoisotopic (exact) mass is 832 g/mol. The molecule has 6 atom stereocenters. The average molecular weight is 833 g/mol. The number of thioether (sulfide) groups is 1. The summed E-state index contributed by atoms with van der Waals surface area (Å²) < 4.78 is 21.0. The predicted octanol–water partition coefficient (Wildman–Crippen LogP) is 9.83. The molecule has 10 heteroatoms. The minimum atomic E-state index is -1.31. The number of aliphatic hydroxyl groups is 2. The Morgan fingerprint density at radius 3 is 2.48 bits per heavy atom. The molecule has 1 amide bonds. The number of carbonyl (C=O) groups excluding carboxylic acids is 1. The van der Waals surface area contributed by atoms with E-state index in [1.165, 1.54) is 4.90 Å². The van der Waals surface area contributed by atoms with Gasteiger partial charge in [-0.3, -0.25) is 4.79 Å². The topological polar surface area (TPSA) is 110 Å². The third kappa shape index (κ3) is 9.32. The average Bonchev–Trinajstić information content (AvgIpc) is 3.28. The van der Waals surface area contributed by atoms with Gasteiger partial charge in [0.05, 0.1) is 24.8 Å². The van der Waals surface area contributed by atoms with Crippen LogP contribution in [0.3, 0.4) is 0 Å². The predicted molar refractivity (Wildman–Crippen MR) is 240 cm³/mol. The van der Waals surface area contributed by atoms with Gasteiger partial charge < -0.3 is 34.2 Å². The van der Waals surface area contributed by atoms with E-state index in [0.717, 1.165) is 71.2 Å². The normalized spacial score (nSPS) is 23.6. The Morgan fingerprint density at radius 1 is 0.967 bits per heavy atom. The van der Waals surface area contributed by atoms with Crippen LogP contribution in [0.25, 0.3) is 10.8 Å². The number of oxime groups is 1. The molecule has 4 aromatic carbocycles. The van der Waals surface area contributed by atoms with Gasteiger partial charge >= 0.3 is 0 Å². The van der Waals surface area contributed by atoms with Gasteiger partial charge in [-0.05, 0) is 103 Å². The largest absolute Gasteiger partial charge is 0.493 e. The number of aliphatic hydroxyl groups excluding tert-OH is 2. The molecule has 0 bridgehead atoms. The maximum atomic E-state index is 15.1. The summed E-state index contributed by atoms with van der Waals surface area (Å²) in [5, 5.41) is 26.6. The fraction of sp³-hybridized carbons (Fsp3) is 0.440. The van der Waals surface area contributed by atoms with Crippen molar-refractivity contribution in [2.24, 2.45) is 22.9 Å². The van der Waals surface area contributed by atoms with Crippen LogP contribution < -0.4 is 9.47 Å². The van der Waals surface area contributed by atoms with Gasteiger partial charge in [-0.25, -0.2) is 0 Å². The first-order valence-corrected chi connectivity index (χ1v) is 22.7. The molecule has 60 heavy (non-hydrogen) atoms. The van der Waals surface area contributed by atoms with Crippen LogP contribution in [0.5, 0.6) is 11.5 Å². The molecule has 0 unspecified atom stereocenters. The third-order valence-corrected chi connectivity index (χ3v) is 13.3. The number of ether oxygens (including phenoxy) is 3. The summed E-state index contributed by atoms with van der Waals surface area (Å²) in [5.74, 6) is 0.631. The molecule has 1 saturated carbocycles. The molecular formula is C50H60N2O7S. The quantitative estimate of drug-likeness (QED) is 0.0370. The minimum Gasteiger partial charge on any atom is -0.493 e. The number of hydrogen-bond acceptors (Lipinski definition) is 9. The highest BCUT2D eigenvalue weighted by Gasteiger charge is 2.65. The molecular weight excluding hydrogens is 773 g/mol. The molecule has 7 rings (SSSR count). The standard InChI is InChI=1S/C50H60N2O7S/c1-4-25-52(49(55)38-22-21-35-15-9-10-16-36(35)31-38)46-34-44(51-56-3)42-32-37(17-11-13-26-53)41(20-12-14-27-54)47-43-33-39(57-29-30-60-40-18-7-6-8-19-40)23-24-45(43)59-50(46,48(42)47)58-28-5-2/h5-10,15-16,18-19,21-24,31-33,37,41,46-48,53-54H,2,4,11-14,17,20,25-30,34H2,1,3H3/t37-,41+,46-,47+,48+,50+/m0/s1. The van der Waals surface area contributed by atoms with Crippen LogP contribution in [0.15, 0.2) is 125 Å². The summed E-state index contributed by atoms with van der Waals surface area (Å²) in [6, 6.07) is 29.9. The first-order valence-electron chi connectivity index (χ1n) is 21.7. The zero-order valence-corrected chi connectivity index (χ0v) is 35.9. The Hall–Kier alpha value is -4.61. The van der Waals surface area contributed by atoms with Crippen LogP contribution >= 0.6 is 11.8 Å². The molecule has 318 valence electrons. The van der Waals surface area contributed by atoms with Crippen molar-refractivity contribution in [2.75, 3.05) is 45.8 Å². The summed E-state index contributed by atoms with van der Waals surface area (Å²) in [5.41, 5.74) is 3.43. The number of fused-ring (bicyclic) bond motifs is 3. The van der Waals surface area contributed by atoms with Crippen molar-refractivity contribution in [1.82, 2.24) is 4.90 Å². The molecule has 2 N–H and O–H groups in total. The fourth-order valence-corrected chi connectivity index (χ4v) is 10.6. The molecule has 0 aromatic heterocycles. The lowest BCUT2D eigenvalue weighted by atomic mass is 9.55. The van der Waals surface area contributed by atoms with Crippen molar-refractivity contribution in [3.8, 4) is 11.5 Å². The Kier molecular flexibility index (Phi) is 15.1. The number of benzene rings is 4. The molecule has 1 fully saturated rings. The van der Waals surface area contributed by atoms with Crippen molar-refractivity contribution in [3.05, 3.63) is 126 Å². The highest BCUT2D eigenvalue weighted by Crippen LogP contribution is 2.62. The second-order valence-electron chi connectivity index (χ2n) is 16.0. The van der Waals surface area contributed by atoms with E-state index < -0.39 is 11.8 Å². The van der Waals surface area contributed by atoms with Crippen LogP contribution in [-0.4, -0.2) is 84.4 Å². The molecule has 0 spiro atoms. The van der Waals surface area contributed by atoms with Gasteiger partial charge in [0, 0.05) is 53.9 Å².